The highest BCUT2D eigenvalue weighted by atomic mass is 16.3. The first kappa shape index (κ1) is 19.3. The van der Waals surface area contributed by atoms with E-state index in [9.17, 15) is 0 Å². The van der Waals surface area contributed by atoms with Crippen LogP contribution in [0.3, 0.4) is 0 Å². The van der Waals surface area contributed by atoms with Crippen LogP contribution in [-0.4, -0.2) is 23.4 Å². The van der Waals surface area contributed by atoms with Gasteiger partial charge in [0, 0.05) is 13.2 Å². The first-order valence-electron chi connectivity index (χ1n) is 7.55. The molecule has 2 N–H and O–H groups in total. The van der Waals surface area contributed by atoms with Gasteiger partial charge in [0.1, 0.15) is 0 Å². The number of hydrogen-bond donors (Lipinski definition) is 2. The van der Waals surface area contributed by atoms with E-state index in [0.29, 0.717) is 13.2 Å². The fourth-order valence-corrected chi connectivity index (χ4v) is 1.55. The molecule has 2 nitrogen and oxygen atoms in total. The molecule has 0 bridgehead atoms. The molecule has 1 saturated carbocycles. The lowest BCUT2D eigenvalue weighted by molar-refractivity contribution is 0.286. The van der Waals surface area contributed by atoms with Crippen LogP contribution in [0.1, 0.15) is 84.5 Å². The molecule has 1 rings (SSSR count). The minimum Gasteiger partial charge on any atom is -0.396 e. The van der Waals surface area contributed by atoms with E-state index in [4.69, 9.17) is 10.2 Å². The summed E-state index contributed by atoms with van der Waals surface area (Å²) in [5, 5.41) is 16.1. The molecule has 0 unspecified atom stereocenters. The first-order valence-corrected chi connectivity index (χ1v) is 7.55. The maximum Gasteiger partial charge on any atom is 0.0430 e. The van der Waals surface area contributed by atoms with Gasteiger partial charge in [0.05, 0.1) is 0 Å². The summed E-state index contributed by atoms with van der Waals surface area (Å²) in [6, 6.07) is 0. The highest BCUT2D eigenvalue weighted by Gasteiger charge is 1.95. The van der Waals surface area contributed by atoms with Crippen molar-refractivity contribution < 1.29 is 10.2 Å². The SMILES string of the molecule is C1CCCCCC1.CCCCO.CCCCO. The van der Waals surface area contributed by atoms with Gasteiger partial charge in [-0.15, -0.1) is 0 Å². The van der Waals surface area contributed by atoms with E-state index in [1.807, 2.05) is 0 Å². The Morgan fingerprint density at radius 2 is 0.824 bits per heavy atom. The Bertz CT molecular complexity index is 75.4. The average Bonchev–Trinajstić information content (AvgIpc) is 2.64. The van der Waals surface area contributed by atoms with E-state index in [0.717, 1.165) is 25.7 Å². The van der Waals surface area contributed by atoms with Crippen molar-refractivity contribution in [3.63, 3.8) is 0 Å². The summed E-state index contributed by atoms with van der Waals surface area (Å²) in [7, 11) is 0. The summed E-state index contributed by atoms with van der Waals surface area (Å²) in [5.74, 6) is 0. The zero-order chi connectivity index (χ0) is 13.2. The van der Waals surface area contributed by atoms with E-state index in [1.165, 1.54) is 44.9 Å². The predicted molar refractivity (Wildman–Crippen MR) is 76.3 cm³/mol. The fourth-order valence-electron chi connectivity index (χ4n) is 1.55. The van der Waals surface area contributed by atoms with Crippen LogP contribution in [0.15, 0.2) is 0 Å². The standard InChI is InChI=1S/C7H14.2C4H10O/c1-2-4-6-7-5-3-1;2*1-2-3-4-5/h1-7H2;2*5H,2-4H2,1H3. The average molecular weight is 246 g/mol. The summed E-state index contributed by atoms with van der Waals surface area (Å²) >= 11 is 0. The fraction of sp³-hybridized carbons (Fsp3) is 1.00. The molecule has 0 aromatic heterocycles. The zero-order valence-electron chi connectivity index (χ0n) is 12.1. The van der Waals surface area contributed by atoms with Gasteiger partial charge in [-0.25, -0.2) is 0 Å². The van der Waals surface area contributed by atoms with Crippen molar-refractivity contribution in [2.24, 2.45) is 0 Å². The summed E-state index contributed by atoms with van der Waals surface area (Å²) in [6.07, 6.45) is 14.6. The minimum atomic E-state index is 0.344. The Kier molecular flexibility index (Phi) is 24.1. The summed E-state index contributed by atoms with van der Waals surface area (Å²) in [5.41, 5.74) is 0. The second kappa shape index (κ2) is 21.2. The molecule has 1 aliphatic rings. The molecule has 2 heteroatoms. The lowest BCUT2D eigenvalue weighted by Crippen LogP contribution is -1.75. The van der Waals surface area contributed by atoms with Crippen LogP contribution in [0.4, 0.5) is 0 Å². The molecule has 0 amide bonds. The van der Waals surface area contributed by atoms with Crippen LogP contribution >= 0.6 is 0 Å². The summed E-state index contributed by atoms with van der Waals surface area (Å²) < 4.78 is 0. The number of unbranched alkanes of at least 4 members (excludes halogenated alkanes) is 2. The van der Waals surface area contributed by atoms with Gasteiger partial charge in [-0.05, 0) is 12.8 Å². The van der Waals surface area contributed by atoms with E-state index >= 15 is 0 Å². The minimum absolute atomic E-state index is 0.344. The molecule has 0 saturated heterocycles. The van der Waals surface area contributed by atoms with Crippen molar-refractivity contribution in [2.45, 2.75) is 84.5 Å². The number of hydrogen-bond acceptors (Lipinski definition) is 2. The van der Waals surface area contributed by atoms with Crippen molar-refractivity contribution in [3.8, 4) is 0 Å². The zero-order valence-corrected chi connectivity index (χ0v) is 12.1. The second-order valence-corrected chi connectivity index (χ2v) is 4.63. The molecular formula is C15H34O2. The highest BCUT2D eigenvalue weighted by Crippen LogP contribution is 2.15. The van der Waals surface area contributed by atoms with Crippen LogP contribution in [0.5, 0.6) is 0 Å². The van der Waals surface area contributed by atoms with Crippen molar-refractivity contribution in [1.82, 2.24) is 0 Å². The lowest BCUT2D eigenvalue weighted by atomic mass is 10.2. The lowest BCUT2D eigenvalue weighted by Gasteiger charge is -1.85. The van der Waals surface area contributed by atoms with Crippen LogP contribution in [0, 0.1) is 0 Å². The number of rotatable bonds is 4. The Morgan fingerprint density at radius 1 is 0.588 bits per heavy atom. The van der Waals surface area contributed by atoms with Gasteiger partial charge in [-0.1, -0.05) is 71.6 Å². The Labute approximate surface area is 108 Å². The van der Waals surface area contributed by atoms with Crippen LogP contribution in [-0.2, 0) is 0 Å². The van der Waals surface area contributed by atoms with Crippen molar-refractivity contribution >= 4 is 0 Å². The Morgan fingerprint density at radius 3 is 0.882 bits per heavy atom. The van der Waals surface area contributed by atoms with Crippen molar-refractivity contribution in [1.29, 1.82) is 0 Å². The number of aliphatic hydroxyl groups excluding tert-OH is 2. The van der Waals surface area contributed by atoms with Gasteiger partial charge in [0.15, 0.2) is 0 Å². The third-order valence-corrected chi connectivity index (χ3v) is 2.77. The molecule has 1 aliphatic carbocycles. The highest BCUT2D eigenvalue weighted by molar-refractivity contribution is 4.51. The quantitative estimate of drug-likeness (QED) is 0.727. The molecule has 106 valence electrons. The Hall–Kier alpha value is -0.0800. The summed E-state index contributed by atoms with van der Waals surface area (Å²) in [4.78, 5) is 0. The van der Waals surface area contributed by atoms with Crippen molar-refractivity contribution in [3.05, 3.63) is 0 Å². The number of aliphatic hydroxyl groups is 2. The Balaban J connectivity index is 0. The van der Waals surface area contributed by atoms with Crippen LogP contribution < -0.4 is 0 Å². The molecular weight excluding hydrogens is 212 g/mol. The van der Waals surface area contributed by atoms with E-state index in [1.54, 1.807) is 0 Å². The second-order valence-electron chi connectivity index (χ2n) is 4.63. The maximum absolute atomic E-state index is 8.07. The smallest absolute Gasteiger partial charge is 0.0430 e. The van der Waals surface area contributed by atoms with Gasteiger partial charge in [0.25, 0.3) is 0 Å². The molecule has 0 radical (unpaired) electrons. The molecule has 0 aromatic carbocycles. The van der Waals surface area contributed by atoms with E-state index in [2.05, 4.69) is 13.8 Å². The van der Waals surface area contributed by atoms with Crippen LogP contribution in [0.2, 0.25) is 0 Å². The van der Waals surface area contributed by atoms with Gasteiger partial charge in [-0.2, -0.15) is 0 Å². The molecule has 0 aromatic rings. The molecule has 0 atom stereocenters. The third kappa shape index (κ3) is 25.9. The largest absolute Gasteiger partial charge is 0.396 e. The van der Waals surface area contributed by atoms with Crippen LogP contribution in [0.25, 0.3) is 0 Å². The molecule has 17 heavy (non-hydrogen) atoms. The van der Waals surface area contributed by atoms with Gasteiger partial charge in [-0.3, -0.25) is 0 Å². The molecule has 1 fully saturated rings. The molecule has 0 aliphatic heterocycles. The normalized spacial score (nSPS) is 14.8. The topological polar surface area (TPSA) is 40.5 Å². The predicted octanol–water partition coefficient (Wildman–Crippen LogP) is 4.29. The van der Waals surface area contributed by atoms with Crippen molar-refractivity contribution in [2.75, 3.05) is 13.2 Å². The first-order chi connectivity index (χ1) is 8.33. The monoisotopic (exact) mass is 246 g/mol. The van der Waals surface area contributed by atoms with E-state index < -0.39 is 0 Å². The van der Waals surface area contributed by atoms with Gasteiger partial charge in [0.2, 0.25) is 0 Å². The van der Waals surface area contributed by atoms with E-state index in [-0.39, 0.29) is 0 Å². The van der Waals surface area contributed by atoms with Gasteiger partial charge >= 0.3 is 0 Å². The summed E-state index contributed by atoms with van der Waals surface area (Å²) in [6.45, 7) is 4.79. The van der Waals surface area contributed by atoms with Gasteiger partial charge < -0.3 is 10.2 Å². The molecule has 0 spiro atoms. The third-order valence-electron chi connectivity index (χ3n) is 2.77. The molecule has 0 heterocycles. The maximum atomic E-state index is 8.07.